The lowest BCUT2D eigenvalue weighted by Crippen LogP contribution is -2.42. The zero-order valence-corrected chi connectivity index (χ0v) is 10.0. The van der Waals surface area contributed by atoms with Crippen LogP contribution in [0.25, 0.3) is 0 Å². The largest absolute Gasteiger partial charge is 0.505 e. The summed E-state index contributed by atoms with van der Waals surface area (Å²) in [5.74, 6) is -0.569. The summed E-state index contributed by atoms with van der Waals surface area (Å²) in [4.78, 5) is 15.5. The maximum atomic E-state index is 11.8. The van der Waals surface area contributed by atoms with Crippen molar-refractivity contribution in [3.8, 4) is 5.75 Å². The van der Waals surface area contributed by atoms with Crippen LogP contribution in [0.1, 0.15) is 17.3 Å². The van der Waals surface area contributed by atoms with Gasteiger partial charge in [0, 0.05) is 20.4 Å². The summed E-state index contributed by atoms with van der Waals surface area (Å²) in [5.41, 5.74) is 0.165. The number of nitrogens with one attached hydrogen (secondary N) is 1. The minimum Gasteiger partial charge on any atom is -0.505 e. The van der Waals surface area contributed by atoms with Crippen molar-refractivity contribution in [3.63, 3.8) is 0 Å². The number of ether oxygens (including phenoxy) is 2. The van der Waals surface area contributed by atoms with E-state index in [-0.39, 0.29) is 17.4 Å². The number of aromatic nitrogens is 1. The van der Waals surface area contributed by atoms with Crippen LogP contribution in [0, 0.1) is 0 Å². The van der Waals surface area contributed by atoms with Gasteiger partial charge >= 0.3 is 0 Å². The fraction of sp³-hybridized carbons (Fsp3) is 0.455. The predicted molar refractivity (Wildman–Crippen MR) is 60.6 cm³/mol. The molecule has 1 atom stereocenters. The number of methoxy groups -OCH3 is 2. The number of hydrogen-bond acceptors (Lipinski definition) is 5. The standard InChI is InChI=1S/C11H16N2O4/c1-7(11(16-2)17-3)13-10(15)8-4-5-12-6-9(8)14/h4-7,11,14H,1-3H3,(H,13,15). The van der Waals surface area contributed by atoms with Crippen molar-refractivity contribution in [3.05, 3.63) is 24.0 Å². The summed E-state index contributed by atoms with van der Waals surface area (Å²) in [6.45, 7) is 1.74. The Morgan fingerprint density at radius 1 is 1.47 bits per heavy atom. The molecule has 1 aromatic rings. The molecule has 0 spiro atoms. The van der Waals surface area contributed by atoms with Gasteiger partial charge in [0.25, 0.3) is 5.91 Å². The van der Waals surface area contributed by atoms with E-state index in [9.17, 15) is 9.90 Å². The van der Waals surface area contributed by atoms with Crippen molar-refractivity contribution in [2.24, 2.45) is 0 Å². The van der Waals surface area contributed by atoms with Crippen molar-refractivity contribution in [2.45, 2.75) is 19.3 Å². The molecule has 0 aromatic carbocycles. The number of hydrogen-bond donors (Lipinski definition) is 2. The van der Waals surface area contributed by atoms with Gasteiger partial charge < -0.3 is 19.9 Å². The van der Waals surface area contributed by atoms with E-state index in [2.05, 4.69) is 10.3 Å². The SMILES string of the molecule is COC(OC)C(C)NC(=O)c1ccncc1O. The van der Waals surface area contributed by atoms with E-state index in [1.165, 1.54) is 32.7 Å². The van der Waals surface area contributed by atoms with E-state index in [1.54, 1.807) is 6.92 Å². The quantitative estimate of drug-likeness (QED) is 0.733. The molecule has 1 aromatic heterocycles. The fourth-order valence-electron chi connectivity index (χ4n) is 1.44. The minimum absolute atomic E-state index is 0.163. The molecule has 0 bridgehead atoms. The first-order valence-electron chi connectivity index (χ1n) is 5.09. The van der Waals surface area contributed by atoms with Crippen molar-refractivity contribution in [1.29, 1.82) is 0 Å². The van der Waals surface area contributed by atoms with E-state index in [0.29, 0.717) is 0 Å². The summed E-state index contributed by atoms with van der Waals surface area (Å²) < 4.78 is 10.0. The van der Waals surface area contributed by atoms with Crippen molar-refractivity contribution >= 4 is 5.91 Å². The molecule has 17 heavy (non-hydrogen) atoms. The normalized spacial score (nSPS) is 12.5. The summed E-state index contributed by atoms with van der Waals surface area (Å²) in [6.07, 6.45) is 2.11. The summed E-state index contributed by atoms with van der Waals surface area (Å²) in [6, 6.07) is 1.09. The lowest BCUT2D eigenvalue weighted by atomic mass is 10.2. The van der Waals surface area contributed by atoms with E-state index < -0.39 is 12.2 Å². The van der Waals surface area contributed by atoms with Gasteiger partial charge in [-0.2, -0.15) is 0 Å². The van der Waals surface area contributed by atoms with Crippen molar-refractivity contribution < 1.29 is 19.4 Å². The summed E-state index contributed by atoms with van der Waals surface area (Å²) in [7, 11) is 2.97. The third kappa shape index (κ3) is 3.40. The summed E-state index contributed by atoms with van der Waals surface area (Å²) in [5, 5.41) is 12.1. The smallest absolute Gasteiger partial charge is 0.255 e. The molecule has 6 nitrogen and oxygen atoms in total. The van der Waals surface area contributed by atoms with Crippen LogP contribution in [0.2, 0.25) is 0 Å². The van der Waals surface area contributed by atoms with Gasteiger partial charge in [-0.3, -0.25) is 9.78 Å². The van der Waals surface area contributed by atoms with Gasteiger partial charge in [-0.25, -0.2) is 0 Å². The van der Waals surface area contributed by atoms with Gasteiger partial charge in [-0.1, -0.05) is 0 Å². The average Bonchev–Trinajstić information content (AvgIpc) is 2.31. The molecule has 0 saturated heterocycles. The molecule has 94 valence electrons. The molecule has 1 rings (SSSR count). The third-order valence-electron chi connectivity index (χ3n) is 2.28. The first-order chi connectivity index (χ1) is 8.10. The number of aromatic hydroxyl groups is 1. The van der Waals surface area contributed by atoms with E-state index in [4.69, 9.17) is 9.47 Å². The van der Waals surface area contributed by atoms with E-state index >= 15 is 0 Å². The Bertz CT molecular complexity index is 379. The van der Waals surface area contributed by atoms with Crippen LogP contribution in [0.5, 0.6) is 5.75 Å². The summed E-state index contributed by atoms with van der Waals surface area (Å²) >= 11 is 0. The van der Waals surface area contributed by atoms with Crippen LogP contribution < -0.4 is 5.32 Å². The average molecular weight is 240 g/mol. The first-order valence-corrected chi connectivity index (χ1v) is 5.09. The van der Waals surface area contributed by atoms with Crippen LogP contribution in [-0.2, 0) is 9.47 Å². The predicted octanol–water partition coefficient (Wildman–Crippen LogP) is 0.524. The Morgan fingerprint density at radius 2 is 2.12 bits per heavy atom. The van der Waals surface area contributed by atoms with Gasteiger partial charge in [0.2, 0.25) is 0 Å². The second kappa shape index (κ2) is 6.17. The molecule has 0 fully saturated rings. The molecule has 1 amide bonds. The molecular weight excluding hydrogens is 224 g/mol. The van der Waals surface area contributed by atoms with Crippen LogP contribution in [0.15, 0.2) is 18.5 Å². The number of pyridine rings is 1. The topological polar surface area (TPSA) is 80.7 Å². The Kier molecular flexibility index (Phi) is 4.86. The van der Waals surface area contributed by atoms with Gasteiger partial charge in [0.05, 0.1) is 17.8 Å². The molecule has 2 N–H and O–H groups in total. The Morgan fingerprint density at radius 3 is 2.65 bits per heavy atom. The van der Waals surface area contributed by atoms with Gasteiger partial charge in [0.1, 0.15) is 5.75 Å². The first kappa shape index (κ1) is 13.4. The van der Waals surface area contributed by atoms with Gasteiger partial charge in [-0.05, 0) is 13.0 Å². The lowest BCUT2D eigenvalue weighted by Gasteiger charge is -2.22. The Hall–Kier alpha value is -1.66. The van der Waals surface area contributed by atoms with Crippen molar-refractivity contribution in [2.75, 3.05) is 14.2 Å². The number of nitrogens with zero attached hydrogens (tertiary/aromatic N) is 1. The second-order valence-corrected chi connectivity index (χ2v) is 3.49. The van der Waals surface area contributed by atoms with Gasteiger partial charge in [0.15, 0.2) is 6.29 Å². The molecule has 0 aliphatic carbocycles. The molecule has 0 aliphatic heterocycles. The van der Waals surface area contributed by atoms with E-state index in [0.717, 1.165) is 0 Å². The number of rotatable bonds is 5. The van der Waals surface area contributed by atoms with Crippen LogP contribution in [-0.4, -0.2) is 42.5 Å². The van der Waals surface area contributed by atoms with Gasteiger partial charge in [-0.15, -0.1) is 0 Å². The van der Waals surface area contributed by atoms with Crippen LogP contribution in [0.4, 0.5) is 0 Å². The zero-order chi connectivity index (χ0) is 12.8. The highest BCUT2D eigenvalue weighted by Gasteiger charge is 2.20. The molecule has 1 heterocycles. The monoisotopic (exact) mass is 240 g/mol. The van der Waals surface area contributed by atoms with Crippen LogP contribution in [0.3, 0.4) is 0 Å². The minimum atomic E-state index is -0.539. The van der Waals surface area contributed by atoms with E-state index in [1.807, 2.05) is 0 Å². The molecule has 6 heteroatoms. The molecule has 0 aliphatic rings. The third-order valence-corrected chi connectivity index (χ3v) is 2.28. The molecule has 1 unspecified atom stereocenters. The lowest BCUT2D eigenvalue weighted by molar-refractivity contribution is -0.117. The number of carbonyl (C=O) groups is 1. The maximum Gasteiger partial charge on any atom is 0.255 e. The zero-order valence-electron chi connectivity index (χ0n) is 10.0. The molecular formula is C11H16N2O4. The fourth-order valence-corrected chi connectivity index (χ4v) is 1.44. The Labute approximate surface area is 99.6 Å². The highest BCUT2D eigenvalue weighted by Crippen LogP contribution is 2.14. The molecule has 0 saturated carbocycles. The number of amides is 1. The number of carbonyl (C=O) groups excluding carboxylic acids is 1. The van der Waals surface area contributed by atoms with Crippen LogP contribution >= 0.6 is 0 Å². The highest BCUT2D eigenvalue weighted by atomic mass is 16.7. The highest BCUT2D eigenvalue weighted by molar-refractivity contribution is 5.96. The second-order valence-electron chi connectivity index (χ2n) is 3.49. The van der Waals surface area contributed by atoms with Crippen molar-refractivity contribution in [1.82, 2.24) is 10.3 Å². The molecule has 0 radical (unpaired) electrons. The maximum absolute atomic E-state index is 11.8. The Balaban J connectivity index is 2.70.